The first-order valence-corrected chi connectivity index (χ1v) is 13.4. The van der Waals surface area contributed by atoms with Crippen LogP contribution in [0.3, 0.4) is 0 Å². The van der Waals surface area contributed by atoms with Gasteiger partial charge in [0.05, 0.1) is 17.2 Å². The normalized spacial score (nSPS) is 14.8. The smallest absolute Gasteiger partial charge is 0.266 e. The average Bonchev–Trinajstić information content (AvgIpc) is 3.41. The lowest BCUT2D eigenvalue weighted by Crippen LogP contribution is -2.29. The second-order valence-corrected chi connectivity index (χ2v) is 10.2. The molecule has 0 aliphatic carbocycles. The Hall–Kier alpha value is -2.94. The van der Waals surface area contributed by atoms with E-state index in [9.17, 15) is 4.79 Å². The van der Waals surface area contributed by atoms with Gasteiger partial charge in [0.2, 0.25) is 0 Å². The third-order valence-corrected chi connectivity index (χ3v) is 7.25. The van der Waals surface area contributed by atoms with Crippen LogP contribution < -0.4 is 4.74 Å². The van der Waals surface area contributed by atoms with Gasteiger partial charge in [-0.05, 0) is 61.7 Å². The van der Waals surface area contributed by atoms with Gasteiger partial charge in [-0.2, -0.15) is 5.10 Å². The lowest BCUT2D eigenvalue weighted by atomic mass is 10.0. The number of methoxy groups -OCH3 is 1. The van der Waals surface area contributed by atoms with Crippen molar-refractivity contribution in [2.45, 2.75) is 33.1 Å². The van der Waals surface area contributed by atoms with Gasteiger partial charge < -0.3 is 9.47 Å². The van der Waals surface area contributed by atoms with Gasteiger partial charge in [0.15, 0.2) is 0 Å². The Balaban J connectivity index is 1.70. The van der Waals surface area contributed by atoms with E-state index >= 15 is 0 Å². The highest BCUT2D eigenvalue weighted by molar-refractivity contribution is 8.26. The Morgan fingerprint density at radius 2 is 1.92 bits per heavy atom. The molecule has 1 aliphatic rings. The van der Waals surface area contributed by atoms with E-state index < -0.39 is 0 Å². The molecule has 6 nitrogen and oxygen atoms in total. The third-order valence-electron chi connectivity index (χ3n) is 5.87. The van der Waals surface area contributed by atoms with Crippen LogP contribution in [-0.2, 0) is 9.53 Å². The lowest BCUT2D eigenvalue weighted by Gasteiger charge is -2.13. The van der Waals surface area contributed by atoms with E-state index in [0.717, 1.165) is 53.1 Å². The third kappa shape index (κ3) is 6.06. The Bertz CT molecular complexity index is 1250. The monoisotopic (exact) mass is 521 g/mol. The van der Waals surface area contributed by atoms with Gasteiger partial charge in [-0.15, -0.1) is 0 Å². The second kappa shape index (κ2) is 12.3. The Morgan fingerprint density at radius 1 is 1.11 bits per heavy atom. The van der Waals surface area contributed by atoms with Crippen LogP contribution in [0.4, 0.5) is 0 Å². The Labute approximate surface area is 222 Å². The van der Waals surface area contributed by atoms with Crippen molar-refractivity contribution in [2.75, 3.05) is 26.9 Å². The molecule has 0 spiro atoms. The molecule has 0 unspecified atom stereocenters. The van der Waals surface area contributed by atoms with E-state index in [-0.39, 0.29) is 5.91 Å². The minimum absolute atomic E-state index is 0.0732. The number of unbranched alkanes of at least 4 members (excludes halogenated alkanes) is 1. The SMILES string of the molecule is CCCCOc1ccc(-c2nn(-c3ccccc3)cc2C=C2SC(=S)N(CCCOC)C2=O)c(C)c1. The molecule has 1 aliphatic heterocycles. The molecule has 2 aromatic carbocycles. The number of ether oxygens (including phenoxy) is 2. The molecule has 0 saturated carbocycles. The number of amides is 1. The summed E-state index contributed by atoms with van der Waals surface area (Å²) in [7, 11) is 1.65. The van der Waals surface area contributed by atoms with Crippen LogP contribution in [-0.4, -0.2) is 51.8 Å². The number of rotatable bonds is 11. The first-order chi connectivity index (χ1) is 17.5. The molecule has 3 aromatic rings. The minimum atomic E-state index is -0.0732. The van der Waals surface area contributed by atoms with Gasteiger partial charge in [0.25, 0.3) is 5.91 Å². The molecule has 2 heterocycles. The van der Waals surface area contributed by atoms with E-state index in [1.165, 1.54) is 11.8 Å². The van der Waals surface area contributed by atoms with Gasteiger partial charge in [-0.1, -0.05) is 55.5 Å². The van der Waals surface area contributed by atoms with Crippen molar-refractivity contribution < 1.29 is 14.3 Å². The summed E-state index contributed by atoms with van der Waals surface area (Å²) in [5.41, 5.74) is 4.67. The van der Waals surface area contributed by atoms with Crippen LogP contribution in [0.2, 0.25) is 0 Å². The maximum absolute atomic E-state index is 13.1. The van der Waals surface area contributed by atoms with Gasteiger partial charge in [-0.3, -0.25) is 9.69 Å². The fraction of sp³-hybridized carbons (Fsp3) is 0.321. The van der Waals surface area contributed by atoms with Crippen molar-refractivity contribution in [3.63, 3.8) is 0 Å². The highest BCUT2D eigenvalue weighted by atomic mass is 32.2. The van der Waals surface area contributed by atoms with Gasteiger partial charge in [-0.25, -0.2) is 4.68 Å². The molecule has 1 fully saturated rings. The number of aryl methyl sites for hydroxylation is 1. The van der Waals surface area contributed by atoms with Crippen LogP contribution in [0.15, 0.2) is 59.6 Å². The second-order valence-electron chi connectivity index (χ2n) is 8.57. The summed E-state index contributed by atoms with van der Waals surface area (Å²) in [6.07, 6.45) is 6.72. The number of para-hydroxylation sites is 1. The molecule has 1 amide bonds. The average molecular weight is 522 g/mol. The van der Waals surface area contributed by atoms with Gasteiger partial charge in [0, 0.05) is 37.6 Å². The van der Waals surface area contributed by atoms with Crippen LogP contribution in [0, 0.1) is 6.92 Å². The molecule has 8 heteroatoms. The van der Waals surface area contributed by atoms with E-state index in [2.05, 4.69) is 13.8 Å². The molecule has 1 saturated heterocycles. The number of hydrogen-bond acceptors (Lipinski definition) is 6. The van der Waals surface area contributed by atoms with Gasteiger partial charge in [0.1, 0.15) is 15.8 Å². The van der Waals surface area contributed by atoms with Crippen molar-refractivity contribution in [1.82, 2.24) is 14.7 Å². The number of thioether (sulfide) groups is 1. The summed E-state index contributed by atoms with van der Waals surface area (Å²) in [4.78, 5) is 15.4. The first kappa shape index (κ1) is 26.1. The van der Waals surface area contributed by atoms with Crippen molar-refractivity contribution in [1.29, 1.82) is 0 Å². The number of nitrogens with zero attached hydrogens (tertiary/aromatic N) is 3. The van der Waals surface area contributed by atoms with E-state index in [1.807, 2.05) is 65.5 Å². The summed E-state index contributed by atoms with van der Waals surface area (Å²) in [5.74, 6) is 0.779. The molecule has 0 bridgehead atoms. The van der Waals surface area contributed by atoms with E-state index in [1.54, 1.807) is 12.0 Å². The van der Waals surface area contributed by atoms with Crippen molar-refractivity contribution in [2.24, 2.45) is 0 Å². The number of carbonyl (C=O) groups is 1. The zero-order valence-corrected chi connectivity index (χ0v) is 22.5. The topological polar surface area (TPSA) is 56.6 Å². The number of thiocarbonyl (C=S) groups is 1. The largest absolute Gasteiger partial charge is 0.494 e. The maximum atomic E-state index is 13.1. The Morgan fingerprint density at radius 3 is 2.64 bits per heavy atom. The van der Waals surface area contributed by atoms with E-state index in [4.69, 9.17) is 26.8 Å². The van der Waals surface area contributed by atoms with E-state index in [0.29, 0.717) is 29.0 Å². The van der Waals surface area contributed by atoms with Crippen molar-refractivity contribution in [3.05, 3.63) is 70.8 Å². The van der Waals surface area contributed by atoms with Crippen LogP contribution in [0.1, 0.15) is 37.3 Å². The molecule has 0 atom stereocenters. The number of aromatic nitrogens is 2. The molecule has 188 valence electrons. The van der Waals surface area contributed by atoms with Crippen molar-refractivity contribution >= 4 is 40.3 Å². The summed E-state index contributed by atoms with van der Waals surface area (Å²) in [6.45, 7) is 6.04. The molecule has 0 N–H and O–H groups in total. The summed E-state index contributed by atoms with van der Waals surface area (Å²) in [6, 6.07) is 16.0. The van der Waals surface area contributed by atoms with Crippen LogP contribution >= 0.6 is 24.0 Å². The highest BCUT2D eigenvalue weighted by Crippen LogP contribution is 2.36. The minimum Gasteiger partial charge on any atom is -0.494 e. The zero-order valence-electron chi connectivity index (χ0n) is 20.9. The summed E-state index contributed by atoms with van der Waals surface area (Å²) < 4.78 is 13.4. The Kier molecular flexibility index (Phi) is 8.96. The van der Waals surface area contributed by atoms with Gasteiger partial charge >= 0.3 is 0 Å². The maximum Gasteiger partial charge on any atom is 0.266 e. The predicted molar refractivity (Wildman–Crippen MR) is 151 cm³/mol. The predicted octanol–water partition coefficient (Wildman–Crippen LogP) is 6.26. The standard InChI is InChI=1S/C28H31N3O3S2/c1-4-5-16-34-23-12-13-24(20(2)17-23)26-21(19-31(29-26)22-10-7-6-8-11-22)18-25-27(32)30(28(35)36-25)14-9-15-33-3/h6-8,10-13,17-19H,4-5,9,14-16H2,1-3H3. The molecule has 4 rings (SSSR count). The highest BCUT2D eigenvalue weighted by Gasteiger charge is 2.32. The lowest BCUT2D eigenvalue weighted by molar-refractivity contribution is -0.122. The van der Waals surface area contributed by atoms with Crippen LogP contribution in [0.5, 0.6) is 5.75 Å². The quantitative estimate of drug-likeness (QED) is 0.169. The first-order valence-electron chi connectivity index (χ1n) is 12.1. The fourth-order valence-corrected chi connectivity index (χ4v) is 5.24. The molecule has 1 aromatic heterocycles. The van der Waals surface area contributed by atoms with Crippen LogP contribution in [0.25, 0.3) is 23.0 Å². The summed E-state index contributed by atoms with van der Waals surface area (Å²) >= 11 is 6.83. The summed E-state index contributed by atoms with van der Waals surface area (Å²) in [5, 5.41) is 4.93. The zero-order chi connectivity index (χ0) is 25.5. The van der Waals surface area contributed by atoms with Crippen molar-refractivity contribution in [3.8, 4) is 22.7 Å². The molecular formula is C28H31N3O3S2. The molecular weight excluding hydrogens is 490 g/mol. The molecule has 0 radical (unpaired) electrons. The fourth-order valence-electron chi connectivity index (χ4n) is 3.94. The number of hydrogen-bond donors (Lipinski definition) is 0. The molecule has 36 heavy (non-hydrogen) atoms. The number of benzene rings is 2. The number of carbonyl (C=O) groups excluding carboxylic acids is 1.